The Kier molecular flexibility index (Phi) is 4.25. The van der Waals surface area contributed by atoms with E-state index in [-0.39, 0.29) is 6.54 Å². The summed E-state index contributed by atoms with van der Waals surface area (Å²) >= 11 is 1.40. The summed E-state index contributed by atoms with van der Waals surface area (Å²) in [6, 6.07) is 17.1. The number of benzene rings is 2. The van der Waals surface area contributed by atoms with Gasteiger partial charge in [-0.05, 0) is 29.3 Å². The van der Waals surface area contributed by atoms with Gasteiger partial charge in [0, 0.05) is 11.3 Å². The van der Waals surface area contributed by atoms with Crippen molar-refractivity contribution in [2.45, 2.75) is 18.7 Å². The summed E-state index contributed by atoms with van der Waals surface area (Å²) in [5.74, 6) is 0.804. The molecule has 0 radical (unpaired) electrons. The van der Waals surface area contributed by atoms with Crippen LogP contribution in [0, 0.1) is 0 Å². The minimum Gasteiger partial charge on any atom is -0.346 e. The van der Waals surface area contributed by atoms with Gasteiger partial charge in [-0.25, -0.2) is 4.58 Å². The Labute approximate surface area is 149 Å². The molecule has 2 heterocycles. The van der Waals surface area contributed by atoms with Gasteiger partial charge in [-0.3, -0.25) is 0 Å². The molecule has 3 nitrogen and oxygen atoms in total. The van der Waals surface area contributed by atoms with Gasteiger partial charge >= 0.3 is 11.7 Å². The molecule has 6 heteroatoms. The fourth-order valence-corrected chi connectivity index (χ4v) is 4.67. The van der Waals surface area contributed by atoms with Crippen LogP contribution in [0.2, 0.25) is 0 Å². The number of alkyl halides is 2. The third-order valence-corrected chi connectivity index (χ3v) is 5.95. The quantitative estimate of drug-likeness (QED) is 0.669. The third-order valence-electron chi connectivity index (χ3n) is 4.74. The van der Waals surface area contributed by atoms with E-state index in [9.17, 15) is 13.9 Å². The van der Waals surface area contributed by atoms with Crippen LogP contribution in [0.5, 0.6) is 0 Å². The molecule has 2 aliphatic rings. The fourth-order valence-electron chi connectivity index (χ4n) is 3.51. The molecule has 1 atom stereocenters. The normalized spacial score (nSPS) is 23.3. The van der Waals surface area contributed by atoms with E-state index in [1.807, 2.05) is 47.0 Å². The van der Waals surface area contributed by atoms with Gasteiger partial charge in [-0.15, -0.1) is 0 Å². The molecule has 0 fully saturated rings. The predicted molar refractivity (Wildman–Crippen MR) is 95.7 cm³/mol. The molecule has 0 saturated carbocycles. The van der Waals surface area contributed by atoms with E-state index in [2.05, 4.69) is 0 Å². The molecule has 25 heavy (non-hydrogen) atoms. The summed E-state index contributed by atoms with van der Waals surface area (Å²) in [4.78, 5) is 0.869. The van der Waals surface area contributed by atoms with Crippen molar-refractivity contribution in [3.05, 3.63) is 60.2 Å². The first-order valence-electron chi connectivity index (χ1n) is 8.30. The SMILES string of the molecule is OC1(c2ccc(-c3ccccc3)cc2)C[N+]2=C(SCCC2)N1C(F)F. The van der Waals surface area contributed by atoms with Crippen LogP contribution in [0.3, 0.4) is 0 Å². The number of rotatable bonds is 3. The molecule has 1 N–H and O–H groups in total. The summed E-state index contributed by atoms with van der Waals surface area (Å²) < 4.78 is 29.3. The van der Waals surface area contributed by atoms with E-state index < -0.39 is 12.3 Å². The maximum Gasteiger partial charge on any atom is 0.386 e. The van der Waals surface area contributed by atoms with E-state index in [1.165, 1.54) is 11.8 Å². The van der Waals surface area contributed by atoms with Gasteiger partial charge < -0.3 is 5.11 Å². The van der Waals surface area contributed by atoms with E-state index in [0.717, 1.165) is 28.2 Å². The van der Waals surface area contributed by atoms with Crippen LogP contribution in [-0.2, 0) is 5.72 Å². The first-order valence-corrected chi connectivity index (χ1v) is 9.29. The number of nitrogens with zero attached hydrogens (tertiary/aromatic N) is 2. The predicted octanol–water partition coefficient (Wildman–Crippen LogP) is 3.54. The average Bonchev–Trinajstić information content (AvgIpc) is 2.96. The smallest absolute Gasteiger partial charge is 0.346 e. The number of halogens is 2. The van der Waals surface area contributed by atoms with Gasteiger partial charge in [-0.1, -0.05) is 54.6 Å². The number of thioether (sulfide) groups is 1. The highest BCUT2D eigenvalue weighted by molar-refractivity contribution is 8.13. The van der Waals surface area contributed by atoms with Gasteiger partial charge in [0.05, 0.1) is 6.54 Å². The molecule has 130 valence electrons. The highest BCUT2D eigenvalue weighted by Gasteiger charge is 2.57. The topological polar surface area (TPSA) is 26.5 Å². The first kappa shape index (κ1) is 16.5. The van der Waals surface area contributed by atoms with Crippen molar-refractivity contribution in [3.63, 3.8) is 0 Å². The van der Waals surface area contributed by atoms with Crippen LogP contribution in [0.15, 0.2) is 54.6 Å². The lowest BCUT2D eigenvalue weighted by molar-refractivity contribution is -0.533. The third kappa shape index (κ3) is 2.83. The highest BCUT2D eigenvalue weighted by atomic mass is 32.2. The monoisotopic (exact) mass is 361 g/mol. The largest absolute Gasteiger partial charge is 0.386 e. The summed E-state index contributed by atoms with van der Waals surface area (Å²) in [5, 5.41) is 11.6. The van der Waals surface area contributed by atoms with Gasteiger partial charge in [0.1, 0.15) is 0 Å². The van der Waals surface area contributed by atoms with Crippen molar-refractivity contribution < 1.29 is 18.5 Å². The molecule has 0 amide bonds. The molecule has 2 aromatic rings. The number of hydrogen-bond acceptors (Lipinski definition) is 3. The van der Waals surface area contributed by atoms with Gasteiger partial charge in [0.25, 0.3) is 5.72 Å². The van der Waals surface area contributed by atoms with Crippen molar-refractivity contribution in [2.24, 2.45) is 0 Å². The highest BCUT2D eigenvalue weighted by Crippen LogP contribution is 2.38. The average molecular weight is 361 g/mol. The molecule has 0 aromatic heterocycles. The Bertz CT molecular complexity index is 795. The lowest BCUT2D eigenvalue weighted by Gasteiger charge is -2.27. The van der Waals surface area contributed by atoms with E-state index >= 15 is 0 Å². The lowest BCUT2D eigenvalue weighted by atomic mass is 9.98. The molecule has 1 unspecified atom stereocenters. The van der Waals surface area contributed by atoms with Gasteiger partial charge in [0.2, 0.25) is 0 Å². The maximum absolute atomic E-state index is 13.7. The van der Waals surface area contributed by atoms with Crippen molar-refractivity contribution in [3.8, 4) is 11.1 Å². The van der Waals surface area contributed by atoms with Crippen LogP contribution < -0.4 is 0 Å². The second-order valence-corrected chi connectivity index (χ2v) is 7.38. The Morgan fingerprint density at radius 2 is 1.72 bits per heavy atom. The van der Waals surface area contributed by atoms with Gasteiger partial charge in [0.15, 0.2) is 6.54 Å². The standard InChI is InChI=1S/C19H19F2N2OS/c20-17(21)23-18-22(11-4-12-25-18)13-19(23,24)16-9-7-15(8-10-16)14-5-2-1-3-6-14/h1-3,5-10,17,24H,4,11-13H2/q+1. The molecule has 0 spiro atoms. The fraction of sp³-hybridized carbons (Fsp3) is 0.316. The zero-order valence-electron chi connectivity index (χ0n) is 13.6. The molecular weight excluding hydrogens is 342 g/mol. The second-order valence-electron chi connectivity index (χ2n) is 6.31. The zero-order chi connectivity index (χ0) is 17.4. The molecule has 0 saturated heterocycles. The van der Waals surface area contributed by atoms with Crippen molar-refractivity contribution >= 4 is 16.9 Å². The van der Waals surface area contributed by atoms with Crippen LogP contribution in [0.4, 0.5) is 8.78 Å². The van der Waals surface area contributed by atoms with Crippen molar-refractivity contribution in [2.75, 3.05) is 18.8 Å². The number of hydrogen-bond donors (Lipinski definition) is 1. The Hall–Kier alpha value is -1.92. The molecule has 4 rings (SSSR count). The Morgan fingerprint density at radius 1 is 1.04 bits per heavy atom. The first-order chi connectivity index (χ1) is 12.1. The summed E-state index contributed by atoms with van der Waals surface area (Å²) in [6.07, 6.45) is 0.939. The summed E-state index contributed by atoms with van der Waals surface area (Å²) in [6.45, 7) is -1.87. The van der Waals surface area contributed by atoms with Crippen molar-refractivity contribution in [1.29, 1.82) is 0 Å². The Morgan fingerprint density at radius 3 is 2.40 bits per heavy atom. The number of aliphatic hydroxyl groups is 1. The van der Waals surface area contributed by atoms with Crippen LogP contribution in [-0.4, -0.2) is 45.1 Å². The van der Waals surface area contributed by atoms with Crippen LogP contribution in [0.1, 0.15) is 12.0 Å². The van der Waals surface area contributed by atoms with E-state index in [1.54, 1.807) is 12.1 Å². The van der Waals surface area contributed by atoms with Crippen molar-refractivity contribution in [1.82, 2.24) is 4.90 Å². The van der Waals surface area contributed by atoms with Crippen LogP contribution in [0.25, 0.3) is 11.1 Å². The molecular formula is C19H19F2N2OS+. The van der Waals surface area contributed by atoms with Crippen LogP contribution >= 0.6 is 11.8 Å². The second kappa shape index (κ2) is 6.42. The molecule has 2 aliphatic heterocycles. The molecule has 0 aliphatic carbocycles. The summed E-state index contributed by atoms with van der Waals surface area (Å²) in [7, 11) is 0. The Balaban J connectivity index is 1.68. The molecule has 2 aromatic carbocycles. The summed E-state index contributed by atoms with van der Waals surface area (Å²) in [5.41, 5.74) is 0.848. The van der Waals surface area contributed by atoms with E-state index in [4.69, 9.17) is 0 Å². The van der Waals surface area contributed by atoms with E-state index in [0.29, 0.717) is 17.3 Å². The lowest BCUT2D eigenvalue weighted by Crippen LogP contribution is -2.49. The molecule has 0 bridgehead atoms. The number of amidine groups is 1. The minimum absolute atomic E-state index is 0.171. The van der Waals surface area contributed by atoms with Gasteiger partial charge in [-0.2, -0.15) is 13.7 Å². The maximum atomic E-state index is 13.7. The minimum atomic E-state index is -2.75. The zero-order valence-corrected chi connectivity index (χ0v) is 14.4.